The predicted molar refractivity (Wildman–Crippen MR) is 111 cm³/mol. The Hall–Kier alpha value is -1.47. The number of rotatable bonds is 8. The standard InChI is InChI=1S/C23H26OP.BrH/c24-19-11-4-12-20-25(21-13-5-1-6-14-21,22-15-7-2-8-16-22)23-17-9-3-10-18-23;/h1-3,5-10,13-18,24H,4,11-12,19-20H2;1H/q+1;/p-1. The van der Waals surface area contributed by atoms with E-state index in [1.54, 1.807) is 0 Å². The minimum absolute atomic E-state index is 0. The van der Waals surface area contributed by atoms with E-state index in [-0.39, 0.29) is 23.6 Å². The van der Waals surface area contributed by atoms with Crippen LogP contribution < -0.4 is 32.9 Å². The average Bonchev–Trinajstić information content (AvgIpc) is 2.70. The quantitative estimate of drug-likeness (QED) is 0.421. The first kappa shape index (κ1) is 20.8. The third kappa shape index (κ3) is 4.62. The van der Waals surface area contributed by atoms with Gasteiger partial charge in [0.1, 0.15) is 23.2 Å². The Morgan fingerprint density at radius 2 is 0.923 bits per heavy atom. The van der Waals surface area contributed by atoms with Crippen molar-refractivity contribution in [3.05, 3.63) is 91.0 Å². The van der Waals surface area contributed by atoms with Gasteiger partial charge in [-0.25, -0.2) is 0 Å². The lowest BCUT2D eigenvalue weighted by Gasteiger charge is -2.27. The van der Waals surface area contributed by atoms with Crippen LogP contribution in [0, 0.1) is 0 Å². The van der Waals surface area contributed by atoms with Crippen LogP contribution in [0.25, 0.3) is 0 Å². The summed E-state index contributed by atoms with van der Waals surface area (Å²) in [5.41, 5.74) is 0. The van der Waals surface area contributed by atoms with Gasteiger partial charge in [-0.15, -0.1) is 0 Å². The maximum absolute atomic E-state index is 9.16. The fourth-order valence-electron chi connectivity index (χ4n) is 3.52. The van der Waals surface area contributed by atoms with Gasteiger partial charge in [0.05, 0.1) is 6.16 Å². The molecule has 1 N–H and O–H groups in total. The molecule has 0 heterocycles. The van der Waals surface area contributed by atoms with Crippen LogP contribution in [0.1, 0.15) is 19.3 Å². The Morgan fingerprint density at radius 1 is 0.538 bits per heavy atom. The van der Waals surface area contributed by atoms with Crippen LogP contribution >= 0.6 is 7.26 Å². The van der Waals surface area contributed by atoms with Crippen LogP contribution in [0.5, 0.6) is 0 Å². The van der Waals surface area contributed by atoms with Crippen molar-refractivity contribution in [2.45, 2.75) is 19.3 Å². The molecule has 0 aromatic heterocycles. The third-order valence-electron chi connectivity index (χ3n) is 4.74. The number of hydrogen-bond acceptors (Lipinski definition) is 1. The van der Waals surface area contributed by atoms with Gasteiger partial charge >= 0.3 is 0 Å². The van der Waals surface area contributed by atoms with Crippen LogP contribution in [0.2, 0.25) is 0 Å². The molecule has 3 heteroatoms. The molecule has 1 nitrogen and oxygen atoms in total. The molecule has 0 unspecified atom stereocenters. The lowest BCUT2D eigenvalue weighted by Crippen LogP contribution is -3.00. The van der Waals surface area contributed by atoms with E-state index in [0.717, 1.165) is 25.4 Å². The number of aliphatic hydroxyl groups excluding tert-OH is 1. The first-order valence-electron chi connectivity index (χ1n) is 9.04. The Kier molecular flexibility index (Phi) is 8.51. The smallest absolute Gasteiger partial charge is 0.112 e. The molecule has 0 atom stereocenters. The summed E-state index contributed by atoms with van der Waals surface area (Å²) in [6, 6.07) is 33.0. The van der Waals surface area contributed by atoms with Gasteiger partial charge in [-0.1, -0.05) is 54.6 Å². The SMILES string of the molecule is OCCCCC[P+](c1ccccc1)(c1ccccc1)c1ccccc1.[Br-]. The third-order valence-corrected chi connectivity index (χ3v) is 9.27. The highest BCUT2D eigenvalue weighted by Gasteiger charge is 2.44. The Morgan fingerprint density at radius 3 is 1.27 bits per heavy atom. The van der Waals surface area contributed by atoms with Gasteiger partial charge in [0, 0.05) is 6.61 Å². The van der Waals surface area contributed by atoms with E-state index in [2.05, 4.69) is 91.0 Å². The summed E-state index contributed by atoms with van der Waals surface area (Å²) in [7, 11) is -1.68. The molecular formula is C23H26BrOP. The fourth-order valence-corrected chi connectivity index (χ4v) is 7.93. The van der Waals surface area contributed by atoms with E-state index in [9.17, 15) is 0 Å². The lowest BCUT2D eigenvalue weighted by atomic mass is 10.3. The van der Waals surface area contributed by atoms with E-state index in [1.807, 2.05) is 0 Å². The first-order valence-corrected chi connectivity index (χ1v) is 11.0. The van der Waals surface area contributed by atoms with Crippen molar-refractivity contribution in [1.29, 1.82) is 0 Å². The van der Waals surface area contributed by atoms with Crippen LogP contribution in [-0.4, -0.2) is 17.9 Å². The van der Waals surface area contributed by atoms with Crippen molar-refractivity contribution in [2.24, 2.45) is 0 Å². The monoisotopic (exact) mass is 428 g/mol. The van der Waals surface area contributed by atoms with Gasteiger partial charge < -0.3 is 22.1 Å². The molecule has 136 valence electrons. The number of aliphatic hydroxyl groups is 1. The van der Waals surface area contributed by atoms with Gasteiger partial charge in [-0.2, -0.15) is 0 Å². The molecule has 3 aromatic carbocycles. The summed E-state index contributed by atoms with van der Waals surface area (Å²) in [5.74, 6) is 0. The molecule has 0 radical (unpaired) electrons. The molecule has 0 bridgehead atoms. The molecule has 0 saturated heterocycles. The Bertz CT molecular complexity index is 650. The van der Waals surface area contributed by atoms with Gasteiger partial charge in [-0.3, -0.25) is 0 Å². The van der Waals surface area contributed by atoms with Gasteiger partial charge in [-0.05, 0) is 55.7 Å². The molecule has 0 aliphatic rings. The van der Waals surface area contributed by atoms with E-state index < -0.39 is 7.26 Å². The zero-order chi connectivity index (χ0) is 17.4. The summed E-state index contributed by atoms with van der Waals surface area (Å²) in [4.78, 5) is 0. The van der Waals surface area contributed by atoms with E-state index in [0.29, 0.717) is 0 Å². The van der Waals surface area contributed by atoms with Crippen molar-refractivity contribution in [3.8, 4) is 0 Å². The maximum Gasteiger partial charge on any atom is 0.112 e. The number of hydrogen-bond donors (Lipinski definition) is 1. The second-order valence-corrected chi connectivity index (χ2v) is 9.94. The van der Waals surface area contributed by atoms with E-state index >= 15 is 0 Å². The summed E-state index contributed by atoms with van der Waals surface area (Å²) in [6.07, 6.45) is 4.24. The highest BCUT2D eigenvalue weighted by atomic mass is 79.9. The van der Waals surface area contributed by atoms with Crippen LogP contribution in [-0.2, 0) is 0 Å². The van der Waals surface area contributed by atoms with E-state index in [1.165, 1.54) is 15.9 Å². The van der Waals surface area contributed by atoms with Crippen molar-refractivity contribution < 1.29 is 22.1 Å². The lowest BCUT2D eigenvalue weighted by molar-refractivity contribution is -0.00000602. The normalized spacial score (nSPS) is 11.0. The van der Waals surface area contributed by atoms with Gasteiger partial charge in [0.2, 0.25) is 0 Å². The van der Waals surface area contributed by atoms with Crippen LogP contribution in [0.15, 0.2) is 91.0 Å². The molecule has 3 rings (SSSR count). The highest BCUT2D eigenvalue weighted by molar-refractivity contribution is 7.95. The molecule has 0 aliphatic carbocycles. The van der Waals surface area contributed by atoms with Gasteiger partial charge in [0.15, 0.2) is 0 Å². The first-order chi connectivity index (χ1) is 12.4. The highest BCUT2D eigenvalue weighted by Crippen LogP contribution is 2.55. The Balaban J connectivity index is 0.00000243. The topological polar surface area (TPSA) is 20.2 Å². The molecule has 0 spiro atoms. The summed E-state index contributed by atoms with van der Waals surface area (Å²) >= 11 is 0. The molecule has 26 heavy (non-hydrogen) atoms. The van der Waals surface area contributed by atoms with Crippen LogP contribution in [0.4, 0.5) is 0 Å². The number of unbranched alkanes of at least 4 members (excludes halogenated alkanes) is 2. The minimum Gasteiger partial charge on any atom is -1.00 e. The molecule has 0 saturated carbocycles. The van der Waals surface area contributed by atoms with Crippen molar-refractivity contribution in [1.82, 2.24) is 0 Å². The second-order valence-electron chi connectivity index (χ2n) is 6.32. The molecule has 0 fully saturated rings. The predicted octanol–water partition coefficient (Wildman–Crippen LogP) is 1.15. The molecule has 0 amide bonds. The number of halogens is 1. The zero-order valence-electron chi connectivity index (χ0n) is 15.0. The zero-order valence-corrected chi connectivity index (χ0v) is 17.4. The largest absolute Gasteiger partial charge is 1.00 e. The van der Waals surface area contributed by atoms with Gasteiger partial charge in [0.25, 0.3) is 0 Å². The fraction of sp³-hybridized carbons (Fsp3) is 0.217. The minimum atomic E-state index is -1.68. The number of benzene rings is 3. The van der Waals surface area contributed by atoms with E-state index in [4.69, 9.17) is 5.11 Å². The molecular weight excluding hydrogens is 403 g/mol. The second kappa shape index (κ2) is 10.6. The van der Waals surface area contributed by atoms with Crippen molar-refractivity contribution in [3.63, 3.8) is 0 Å². The average molecular weight is 429 g/mol. The van der Waals surface area contributed by atoms with Crippen molar-refractivity contribution >= 4 is 23.2 Å². The molecule has 3 aromatic rings. The summed E-state index contributed by atoms with van der Waals surface area (Å²) < 4.78 is 0. The Labute approximate surface area is 168 Å². The van der Waals surface area contributed by atoms with Crippen LogP contribution in [0.3, 0.4) is 0 Å². The summed E-state index contributed by atoms with van der Waals surface area (Å²) in [5, 5.41) is 13.5. The van der Waals surface area contributed by atoms with Crippen molar-refractivity contribution in [2.75, 3.05) is 12.8 Å². The summed E-state index contributed by atoms with van der Waals surface area (Å²) in [6.45, 7) is 0.285. The maximum atomic E-state index is 9.16. The molecule has 0 aliphatic heterocycles.